The van der Waals surface area contributed by atoms with Gasteiger partial charge in [-0.2, -0.15) is 0 Å². The van der Waals surface area contributed by atoms with E-state index in [0.717, 1.165) is 11.3 Å². The van der Waals surface area contributed by atoms with Crippen molar-refractivity contribution >= 4 is 12.6 Å². The summed E-state index contributed by atoms with van der Waals surface area (Å²) < 4.78 is 0. The molecule has 1 aliphatic carbocycles. The SMILES string of the molecule is CC.SC1=CCCC=C1. The Morgan fingerprint density at radius 1 is 1.33 bits per heavy atom. The van der Waals surface area contributed by atoms with E-state index >= 15 is 0 Å². The fourth-order valence-electron chi connectivity index (χ4n) is 0.600. The molecule has 0 spiro atoms. The lowest BCUT2D eigenvalue weighted by molar-refractivity contribution is 1.03. The summed E-state index contributed by atoms with van der Waals surface area (Å²) in [7, 11) is 0. The summed E-state index contributed by atoms with van der Waals surface area (Å²) in [6.45, 7) is 4.00. The monoisotopic (exact) mass is 142 g/mol. The van der Waals surface area contributed by atoms with E-state index < -0.39 is 0 Å². The zero-order valence-electron chi connectivity index (χ0n) is 6.09. The van der Waals surface area contributed by atoms with Gasteiger partial charge >= 0.3 is 0 Å². The van der Waals surface area contributed by atoms with Gasteiger partial charge in [0.2, 0.25) is 0 Å². The molecule has 0 nitrogen and oxygen atoms in total. The number of thiol groups is 1. The van der Waals surface area contributed by atoms with Gasteiger partial charge in [-0.05, 0) is 17.7 Å². The van der Waals surface area contributed by atoms with Crippen molar-refractivity contribution < 1.29 is 0 Å². The lowest BCUT2D eigenvalue weighted by Gasteiger charge is -1.95. The predicted molar refractivity (Wildman–Crippen MR) is 46.8 cm³/mol. The average Bonchev–Trinajstić information content (AvgIpc) is 1.94. The molecule has 1 aliphatic rings. The third-order valence-corrected chi connectivity index (χ3v) is 1.31. The van der Waals surface area contributed by atoms with Gasteiger partial charge in [0.1, 0.15) is 0 Å². The Hall–Kier alpha value is -0.170. The van der Waals surface area contributed by atoms with Crippen molar-refractivity contribution in [3.05, 3.63) is 23.1 Å². The Morgan fingerprint density at radius 2 is 2.00 bits per heavy atom. The molecule has 0 bridgehead atoms. The highest BCUT2D eigenvalue weighted by atomic mass is 32.1. The molecular weight excluding hydrogens is 128 g/mol. The van der Waals surface area contributed by atoms with Gasteiger partial charge in [0, 0.05) is 0 Å². The second-order valence-electron chi connectivity index (χ2n) is 1.61. The van der Waals surface area contributed by atoms with Gasteiger partial charge in [-0.15, -0.1) is 12.6 Å². The van der Waals surface area contributed by atoms with Crippen LogP contribution in [0.15, 0.2) is 23.1 Å². The molecule has 0 aromatic heterocycles. The molecule has 1 heteroatoms. The van der Waals surface area contributed by atoms with Crippen LogP contribution in [0, 0.1) is 0 Å². The maximum absolute atomic E-state index is 4.14. The lowest BCUT2D eigenvalue weighted by Crippen LogP contribution is -1.73. The zero-order valence-corrected chi connectivity index (χ0v) is 6.99. The van der Waals surface area contributed by atoms with Crippen LogP contribution >= 0.6 is 12.6 Å². The summed E-state index contributed by atoms with van der Waals surface area (Å²) in [4.78, 5) is 1.10. The van der Waals surface area contributed by atoms with Crippen molar-refractivity contribution in [2.75, 3.05) is 0 Å². The normalized spacial score (nSPS) is 15.7. The van der Waals surface area contributed by atoms with Gasteiger partial charge in [-0.3, -0.25) is 0 Å². The second-order valence-corrected chi connectivity index (χ2v) is 2.13. The number of hydrogen-bond donors (Lipinski definition) is 1. The fraction of sp³-hybridized carbons (Fsp3) is 0.500. The van der Waals surface area contributed by atoms with Crippen LogP contribution in [0.4, 0.5) is 0 Å². The Kier molecular flexibility index (Phi) is 5.85. The van der Waals surface area contributed by atoms with E-state index in [1.165, 1.54) is 6.42 Å². The number of rotatable bonds is 0. The largest absolute Gasteiger partial charge is 0.144 e. The van der Waals surface area contributed by atoms with E-state index in [-0.39, 0.29) is 0 Å². The summed E-state index contributed by atoms with van der Waals surface area (Å²) >= 11 is 4.14. The van der Waals surface area contributed by atoms with Crippen molar-refractivity contribution in [1.82, 2.24) is 0 Å². The third kappa shape index (κ3) is 4.34. The van der Waals surface area contributed by atoms with Crippen LogP contribution < -0.4 is 0 Å². The van der Waals surface area contributed by atoms with E-state index in [1.54, 1.807) is 0 Å². The maximum atomic E-state index is 4.14. The van der Waals surface area contributed by atoms with Crippen LogP contribution in [0.1, 0.15) is 26.7 Å². The molecule has 0 unspecified atom stereocenters. The smallest absolute Gasteiger partial charge is 0.000306 e. The van der Waals surface area contributed by atoms with Gasteiger partial charge in [-0.1, -0.05) is 32.1 Å². The number of hydrogen-bond acceptors (Lipinski definition) is 1. The molecule has 0 radical (unpaired) electrons. The molecule has 0 aromatic carbocycles. The van der Waals surface area contributed by atoms with Crippen molar-refractivity contribution in [3.63, 3.8) is 0 Å². The molecule has 0 aliphatic heterocycles. The first kappa shape index (κ1) is 8.83. The van der Waals surface area contributed by atoms with Crippen LogP contribution in [0.25, 0.3) is 0 Å². The molecular formula is C8H14S. The summed E-state index contributed by atoms with van der Waals surface area (Å²) in [5, 5.41) is 0. The second kappa shape index (κ2) is 5.96. The van der Waals surface area contributed by atoms with Crippen LogP contribution in [0.3, 0.4) is 0 Å². The number of allylic oxidation sites excluding steroid dienone is 3. The molecule has 0 aromatic rings. The first-order valence-electron chi connectivity index (χ1n) is 3.45. The maximum Gasteiger partial charge on any atom is -0.000306 e. The van der Waals surface area contributed by atoms with Gasteiger partial charge in [0.25, 0.3) is 0 Å². The molecule has 0 heterocycles. The van der Waals surface area contributed by atoms with Crippen LogP contribution in [-0.4, -0.2) is 0 Å². The first-order valence-corrected chi connectivity index (χ1v) is 3.90. The summed E-state index contributed by atoms with van der Waals surface area (Å²) in [5.74, 6) is 0. The van der Waals surface area contributed by atoms with E-state index in [4.69, 9.17) is 0 Å². The van der Waals surface area contributed by atoms with E-state index in [0.29, 0.717) is 0 Å². The fourth-order valence-corrected chi connectivity index (χ4v) is 0.834. The molecule has 0 fully saturated rings. The zero-order chi connectivity index (χ0) is 7.11. The topological polar surface area (TPSA) is 0 Å². The minimum Gasteiger partial charge on any atom is -0.144 e. The molecule has 1 rings (SSSR count). The molecule has 0 saturated heterocycles. The quantitative estimate of drug-likeness (QED) is 0.493. The molecule has 0 N–H and O–H groups in total. The highest BCUT2D eigenvalue weighted by molar-refractivity contribution is 7.84. The van der Waals surface area contributed by atoms with Gasteiger partial charge in [0.05, 0.1) is 0 Å². The highest BCUT2D eigenvalue weighted by Crippen LogP contribution is 2.11. The Bertz CT molecular complexity index is 112. The van der Waals surface area contributed by atoms with Crippen molar-refractivity contribution in [3.8, 4) is 0 Å². The van der Waals surface area contributed by atoms with Crippen molar-refractivity contribution in [2.24, 2.45) is 0 Å². The predicted octanol–water partition coefficient (Wildman–Crippen LogP) is 3.18. The van der Waals surface area contributed by atoms with Gasteiger partial charge in [0.15, 0.2) is 0 Å². The highest BCUT2D eigenvalue weighted by Gasteiger charge is 1.87. The molecule has 9 heavy (non-hydrogen) atoms. The standard InChI is InChI=1S/C6H8S.C2H6/c7-6-4-2-1-3-5-6;1-2/h2,4-5,7H,1,3H2;1-2H3. The summed E-state index contributed by atoms with van der Waals surface area (Å²) in [6, 6.07) is 0. The molecule has 0 amide bonds. The first-order chi connectivity index (χ1) is 4.39. The average molecular weight is 142 g/mol. The van der Waals surface area contributed by atoms with E-state index in [9.17, 15) is 0 Å². The molecule has 0 saturated carbocycles. The Morgan fingerprint density at radius 3 is 2.22 bits per heavy atom. The van der Waals surface area contributed by atoms with Gasteiger partial charge < -0.3 is 0 Å². The van der Waals surface area contributed by atoms with E-state index in [2.05, 4.69) is 24.8 Å². The summed E-state index contributed by atoms with van der Waals surface area (Å²) in [6.07, 6.45) is 8.65. The van der Waals surface area contributed by atoms with E-state index in [1.807, 2.05) is 19.9 Å². The Balaban J connectivity index is 0.000000291. The molecule has 52 valence electrons. The lowest BCUT2D eigenvalue weighted by atomic mass is 10.2. The van der Waals surface area contributed by atoms with Crippen LogP contribution in [-0.2, 0) is 0 Å². The minimum atomic E-state index is 1.10. The third-order valence-electron chi connectivity index (χ3n) is 0.975. The van der Waals surface area contributed by atoms with Crippen LogP contribution in [0.2, 0.25) is 0 Å². The van der Waals surface area contributed by atoms with Crippen molar-refractivity contribution in [1.29, 1.82) is 0 Å². The summed E-state index contributed by atoms with van der Waals surface area (Å²) in [5.41, 5.74) is 0. The van der Waals surface area contributed by atoms with Gasteiger partial charge in [-0.25, -0.2) is 0 Å². The Labute approximate surface area is 63.1 Å². The van der Waals surface area contributed by atoms with Crippen molar-refractivity contribution in [2.45, 2.75) is 26.7 Å². The minimum absolute atomic E-state index is 1.10. The molecule has 0 atom stereocenters. The van der Waals surface area contributed by atoms with Crippen LogP contribution in [0.5, 0.6) is 0 Å².